The second-order valence-corrected chi connectivity index (χ2v) is 4.60. The van der Waals surface area contributed by atoms with Crippen molar-refractivity contribution in [2.45, 2.75) is 12.3 Å². The van der Waals surface area contributed by atoms with Crippen molar-refractivity contribution in [3.05, 3.63) is 59.7 Å². The monoisotopic (exact) mass is 240 g/mol. The van der Waals surface area contributed by atoms with Crippen LogP contribution in [0.5, 0.6) is 11.5 Å². The van der Waals surface area contributed by atoms with E-state index < -0.39 is 0 Å². The van der Waals surface area contributed by atoms with Crippen LogP contribution in [0.4, 0.5) is 0 Å². The third kappa shape index (κ3) is 2.06. The molecule has 1 aliphatic heterocycles. The molecular weight excluding hydrogens is 224 g/mol. The highest BCUT2D eigenvalue weighted by Gasteiger charge is 2.21. The zero-order valence-electron chi connectivity index (χ0n) is 10.4. The van der Waals surface area contributed by atoms with Gasteiger partial charge in [-0.25, -0.2) is 0 Å². The summed E-state index contributed by atoms with van der Waals surface area (Å²) in [5, 5.41) is 0. The van der Waals surface area contributed by atoms with E-state index in [2.05, 4.69) is 30.3 Å². The summed E-state index contributed by atoms with van der Waals surface area (Å²) < 4.78 is 11.1. The Morgan fingerprint density at radius 3 is 2.72 bits per heavy atom. The second kappa shape index (κ2) is 4.73. The van der Waals surface area contributed by atoms with Gasteiger partial charge in [0, 0.05) is 12.0 Å². The van der Waals surface area contributed by atoms with E-state index in [4.69, 9.17) is 9.47 Å². The third-order valence-electron chi connectivity index (χ3n) is 3.45. The summed E-state index contributed by atoms with van der Waals surface area (Å²) >= 11 is 0. The maximum Gasteiger partial charge on any atom is 0.126 e. The van der Waals surface area contributed by atoms with Crippen LogP contribution in [0.3, 0.4) is 0 Å². The van der Waals surface area contributed by atoms with Gasteiger partial charge in [-0.3, -0.25) is 0 Å². The van der Waals surface area contributed by atoms with Crippen LogP contribution in [0.2, 0.25) is 0 Å². The molecule has 1 atom stereocenters. The molecule has 1 unspecified atom stereocenters. The van der Waals surface area contributed by atoms with Gasteiger partial charge in [0.1, 0.15) is 11.5 Å². The summed E-state index contributed by atoms with van der Waals surface area (Å²) in [5.41, 5.74) is 2.61. The number of hydrogen-bond acceptors (Lipinski definition) is 2. The molecule has 0 saturated heterocycles. The molecule has 2 aromatic rings. The molecule has 18 heavy (non-hydrogen) atoms. The molecule has 0 radical (unpaired) electrons. The highest BCUT2D eigenvalue weighted by Crippen LogP contribution is 2.34. The molecule has 92 valence electrons. The lowest BCUT2D eigenvalue weighted by molar-refractivity contribution is 0.261. The van der Waals surface area contributed by atoms with Gasteiger partial charge in [-0.1, -0.05) is 36.4 Å². The maximum atomic E-state index is 5.85. The zero-order valence-corrected chi connectivity index (χ0v) is 10.4. The molecule has 0 spiro atoms. The maximum absolute atomic E-state index is 5.85. The van der Waals surface area contributed by atoms with Crippen molar-refractivity contribution in [1.29, 1.82) is 0 Å². The first-order valence-corrected chi connectivity index (χ1v) is 6.21. The molecule has 2 aromatic carbocycles. The van der Waals surface area contributed by atoms with E-state index in [0.717, 1.165) is 24.5 Å². The summed E-state index contributed by atoms with van der Waals surface area (Å²) in [4.78, 5) is 0. The predicted octanol–water partition coefficient (Wildman–Crippen LogP) is 3.41. The summed E-state index contributed by atoms with van der Waals surface area (Å²) in [6.07, 6.45) is 1.03. The quantitative estimate of drug-likeness (QED) is 0.800. The Kier molecular flexibility index (Phi) is 2.93. The molecule has 0 aliphatic carbocycles. The Hall–Kier alpha value is -1.96. The van der Waals surface area contributed by atoms with Gasteiger partial charge < -0.3 is 9.47 Å². The fraction of sp³-hybridized carbons (Fsp3) is 0.250. The van der Waals surface area contributed by atoms with Crippen LogP contribution in [-0.2, 0) is 6.42 Å². The molecule has 1 heterocycles. The number of rotatable bonds is 2. The Labute approximate surface area is 107 Å². The second-order valence-electron chi connectivity index (χ2n) is 4.60. The first-order valence-electron chi connectivity index (χ1n) is 6.21. The minimum atomic E-state index is 0.451. The van der Waals surface area contributed by atoms with Crippen LogP contribution in [-0.4, -0.2) is 13.7 Å². The molecule has 0 aromatic heterocycles. The van der Waals surface area contributed by atoms with E-state index in [9.17, 15) is 0 Å². The van der Waals surface area contributed by atoms with Crippen molar-refractivity contribution in [2.24, 2.45) is 0 Å². The van der Waals surface area contributed by atoms with Crippen LogP contribution in [0.1, 0.15) is 17.0 Å². The van der Waals surface area contributed by atoms with E-state index >= 15 is 0 Å². The Morgan fingerprint density at radius 2 is 1.94 bits per heavy atom. The lowest BCUT2D eigenvalue weighted by atomic mass is 9.90. The topological polar surface area (TPSA) is 18.5 Å². The van der Waals surface area contributed by atoms with Crippen molar-refractivity contribution >= 4 is 0 Å². The van der Waals surface area contributed by atoms with E-state index in [1.165, 1.54) is 11.1 Å². The number of methoxy groups -OCH3 is 1. The highest BCUT2D eigenvalue weighted by atomic mass is 16.5. The number of ether oxygens (including phenoxy) is 2. The first kappa shape index (κ1) is 11.1. The van der Waals surface area contributed by atoms with Crippen molar-refractivity contribution in [1.82, 2.24) is 0 Å². The van der Waals surface area contributed by atoms with Crippen molar-refractivity contribution in [3.8, 4) is 11.5 Å². The van der Waals surface area contributed by atoms with Gasteiger partial charge in [0.25, 0.3) is 0 Å². The van der Waals surface area contributed by atoms with Gasteiger partial charge in [-0.2, -0.15) is 0 Å². The molecule has 0 amide bonds. The Balaban J connectivity index is 1.85. The summed E-state index contributed by atoms with van der Waals surface area (Å²) in [7, 11) is 1.68. The van der Waals surface area contributed by atoms with Gasteiger partial charge in [-0.05, 0) is 23.6 Å². The molecule has 3 rings (SSSR count). The fourth-order valence-electron chi connectivity index (χ4n) is 2.42. The molecule has 2 nitrogen and oxygen atoms in total. The molecule has 0 bridgehead atoms. The van der Waals surface area contributed by atoms with E-state index in [0.29, 0.717) is 5.92 Å². The van der Waals surface area contributed by atoms with Crippen LogP contribution in [0.25, 0.3) is 0 Å². The van der Waals surface area contributed by atoms with Crippen LogP contribution in [0.15, 0.2) is 48.5 Å². The van der Waals surface area contributed by atoms with Crippen LogP contribution in [0, 0.1) is 0 Å². The van der Waals surface area contributed by atoms with Gasteiger partial charge in [0.05, 0.1) is 13.7 Å². The summed E-state index contributed by atoms with van der Waals surface area (Å²) in [6.45, 7) is 0.740. The molecule has 1 aliphatic rings. The van der Waals surface area contributed by atoms with E-state index in [-0.39, 0.29) is 0 Å². The Bertz CT molecular complexity index is 534. The summed E-state index contributed by atoms with van der Waals surface area (Å²) in [6, 6.07) is 16.6. The normalized spacial score (nSPS) is 17.7. The SMILES string of the molecule is COc1ccc2c(c1)OCC(c1ccccc1)C2. The lowest BCUT2D eigenvalue weighted by Crippen LogP contribution is -2.19. The molecule has 0 N–H and O–H groups in total. The average Bonchev–Trinajstić information content (AvgIpc) is 2.47. The fourth-order valence-corrected chi connectivity index (χ4v) is 2.42. The lowest BCUT2D eigenvalue weighted by Gasteiger charge is -2.26. The minimum absolute atomic E-state index is 0.451. The number of hydrogen-bond donors (Lipinski definition) is 0. The smallest absolute Gasteiger partial charge is 0.126 e. The zero-order chi connectivity index (χ0) is 12.4. The molecule has 0 saturated carbocycles. The van der Waals surface area contributed by atoms with Crippen molar-refractivity contribution in [3.63, 3.8) is 0 Å². The number of fused-ring (bicyclic) bond motifs is 1. The highest BCUT2D eigenvalue weighted by molar-refractivity contribution is 5.43. The van der Waals surface area contributed by atoms with E-state index in [1.807, 2.05) is 18.2 Å². The summed E-state index contributed by atoms with van der Waals surface area (Å²) in [5.74, 6) is 2.26. The van der Waals surface area contributed by atoms with Crippen molar-refractivity contribution in [2.75, 3.05) is 13.7 Å². The molecule has 0 fully saturated rings. The van der Waals surface area contributed by atoms with Gasteiger partial charge >= 0.3 is 0 Å². The van der Waals surface area contributed by atoms with Crippen molar-refractivity contribution < 1.29 is 9.47 Å². The van der Waals surface area contributed by atoms with Gasteiger partial charge in [0.15, 0.2) is 0 Å². The van der Waals surface area contributed by atoms with Gasteiger partial charge in [0.2, 0.25) is 0 Å². The minimum Gasteiger partial charge on any atom is -0.497 e. The third-order valence-corrected chi connectivity index (χ3v) is 3.45. The van der Waals surface area contributed by atoms with Crippen LogP contribution >= 0.6 is 0 Å². The molecule has 2 heteroatoms. The molecular formula is C16H16O2. The van der Waals surface area contributed by atoms with E-state index in [1.54, 1.807) is 7.11 Å². The standard InChI is InChI=1S/C16H16O2/c1-17-15-8-7-13-9-14(11-18-16(13)10-15)12-5-3-2-4-6-12/h2-8,10,14H,9,11H2,1H3. The van der Waals surface area contributed by atoms with Crippen LogP contribution < -0.4 is 9.47 Å². The predicted molar refractivity (Wildman–Crippen MR) is 71.4 cm³/mol. The average molecular weight is 240 g/mol. The van der Waals surface area contributed by atoms with Gasteiger partial charge in [-0.15, -0.1) is 0 Å². The Morgan fingerprint density at radius 1 is 1.11 bits per heavy atom. The first-order chi connectivity index (χ1) is 8.86. The largest absolute Gasteiger partial charge is 0.497 e. The number of benzene rings is 2.